The molecule has 0 spiro atoms. The van der Waals surface area contributed by atoms with Gasteiger partial charge in [-0.15, -0.1) is 0 Å². The number of fused-ring (bicyclic) bond motifs is 1. The first-order valence-corrected chi connectivity index (χ1v) is 9.24. The Morgan fingerprint density at radius 3 is 2.68 bits per heavy atom. The van der Waals surface area contributed by atoms with E-state index in [1.165, 1.54) is 17.3 Å². The van der Waals surface area contributed by atoms with Crippen LogP contribution in [0.4, 0.5) is 11.5 Å². The van der Waals surface area contributed by atoms with Gasteiger partial charge in [0.1, 0.15) is 17.3 Å². The number of amides is 1. The molecule has 28 heavy (non-hydrogen) atoms. The van der Waals surface area contributed by atoms with Gasteiger partial charge in [0.2, 0.25) is 0 Å². The normalized spacial score (nSPS) is 13.0. The van der Waals surface area contributed by atoms with Gasteiger partial charge in [-0.3, -0.25) is 4.79 Å². The van der Waals surface area contributed by atoms with Gasteiger partial charge in [-0.1, -0.05) is 30.3 Å². The monoisotopic (exact) mass is 374 g/mol. The van der Waals surface area contributed by atoms with E-state index in [1.54, 1.807) is 13.3 Å². The Balaban J connectivity index is 1.48. The summed E-state index contributed by atoms with van der Waals surface area (Å²) < 4.78 is 5.37. The summed E-state index contributed by atoms with van der Waals surface area (Å²) >= 11 is 0. The van der Waals surface area contributed by atoms with Crippen LogP contribution in [0.15, 0.2) is 54.9 Å². The number of ether oxygens (including phenoxy) is 1. The largest absolute Gasteiger partial charge is 0.495 e. The van der Waals surface area contributed by atoms with Crippen LogP contribution in [-0.2, 0) is 13.0 Å². The van der Waals surface area contributed by atoms with Gasteiger partial charge in [0.05, 0.1) is 25.2 Å². The first kappa shape index (κ1) is 18.0. The van der Waals surface area contributed by atoms with Crippen molar-refractivity contribution in [2.45, 2.75) is 19.9 Å². The SMILES string of the molecule is COc1ccc(C)cc1Nc1cnc(C(=O)N2CCc3ccccc3C2)cn1. The minimum Gasteiger partial charge on any atom is -0.495 e. The van der Waals surface area contributed by atoms with Crippen LogP contribution >= 0.6 is 0 Å². The first-order valence-electron chi connectivity index (χ1n) is 9.24. The molecule has 1 aliphatic heterocycles. The van der Waals surface area contributed by atoms with Crippen LogP contribution in [-0.4, -0.2) is 34.4 Å². The van der Waals surface area contributed by atoms with E-state index < -0.39 is 0 Å². The third kappa shape index (κ3) is 3.67. The van der Waals surface area contributed by atoms with Gasteiger partial charge < -0.3 is 15.0 Å². The lowest BCUT2D eigenvalue weighted by Crippen LogP contribution is -2.36. The number of nitrogens with one attached hydrogen (secondary N) is 1. The number of carbonyl (C=O) groups is 1. The van der Waals surface area contributed by atoms with E-state index >= 15 is 0 Å². The molecule has 1 aliphatic rings. The third-order valence-electron chi connectivity index (χ3n) is 4.91. The fourth-order valence-electron chi connectivity index (χ4n) is 3.39. The Morgan fingerprint density at radius 1 is 1.11 bits per heavy atom. The molecular formula is C22H22N4O2. The quantitative estimate of drug-likeness (QED) is 0.754. The van der Waals surface area contributed by atoms with E-state index in [2.05, 4.69) is 27.4 Å². The van der Waals surface area contributed by atoms with Gasteiger partial charge >= 0.3 is 0 Å². The van der Waals surface area contributed by atoms with Crippen LogP contribution < -0.4 is 10.1 Å². The maximum atomic E-state index is 12.8. The Kier molecular flexibility index (Phi) is 4.93. The van der Waals surface area contributed by atoms with Crippen molar-refractivity contribution >= 4 is 17.4 Å². The maximum Gasteiger partial charge on any atom is 0.274 e. The van der Waals surface area contributed by atoms with Gasteiger partial charge in [0.15, 0.2) is 0 Å². The summed E-state index contributed by atoms with van der Waals surface area (Å²) in [7, 11) is 1.63. The van der Waals surface area contributed by atoms with Gasteiger partial charge in [-0.25, -0.2) is 9.97 Å². The lowest BCUT2D eigenvalue weighted by Gasteiger charge is -2.28. The number of aromatic nitrogens is 2. The summed E-state index contributed by atoms with van der Waals surface area (Å²) in [6.07, 6.45) is 3.96. The average Bonchev–Trinajstić information content (AvgIpc) is 2.73. The zero-order valence-corrected chi connectivity index (χ0v) is 16.0. The molecule has 0 unspecified atom stereocenters. The third-order valence-corrected chi connectivity index (χ3v) is 4.91. The highest BCUT2D eigenvalue weighted by Gasteiger charge is 2.22. The second-order valence-electron chi connectivity index (χ2n) is 6.86. The second-order valence-corrected chi connectivity index (χ2v) is 6.86. The van der Waals surface area contributed by atoms with E-state index in [-0.39, 0.29) is 5.91 Å². The second kappa shape index (κ2) is 7.68. The van der Waals surface area contributed by atoms with Gasteiger partial charge in [0, 0.05) is 13.1 Å². The van der Waals surface area contributed by atoms with Crippen molar-refractivity contribution in [2.75, 3.05) is 19.0 Å². The number of hydrogen-bond donors (Lipinski definition) is 1. The summed E-state index contributed by atoms with van der Waals surface area (Å²) in [6.45, 7) is 3.31. The highest BCUT2D eigenvalue weighted by Crippen LogP contribution is 2.27. The zero-order valence-electron chi connectivity index (χ0n) is 16.0. The molecule has 6 nitrogen and oxygen atoms in total. The van der Waals surface area contributed by atoms with Gasteiger partial charge in [-0.2, -0.15) is 0 Å². The van der Waals surface area contributed by atoms with Crippen molar-refractivity contribution in [1.29, 1.82) is 0 Å². The van der Waals surface area contributed by atoms with Crippen molar-refractivity contribution in [3.63, 3.8) is 0 Å². The molecule has 1 N–H and O–H groups in total. The number of benzene rings is 2. The Hall–Kier alpha value is -3.41. The van der Waals surface area contributed by atoms with Crippen molar-refractivity contribution in [2.24, 2.45) is 0 Å². The first-order chi connectivity index (χ1) is 13.6. The molecule has 4 rings (SSSR count). The van der Waals surface area contributed by atoms with Crippen LogP contribution in [0, 0.1) is 6.92 Å². The van der Waals surface area contributed by atoms with Crippen molar-refractivity contribution < 1.29 is 9.53 Å². The minimum absolute atomic E-state index is 0.0957. The molecule has 0 radical (unpaired) electrons. The summed E-state index contributed by atoms with van der Waals surface area (Å²) in [6, 6.07) is 14.1. The van der Waals surface area contributed by atoms with E-state index in [9.17, 15) is 4.79 Å². The minimum atomic E-state index is -0.0957. The van der Waals surface area contributed by atoms with Crippen LogP contribution in [0.3, 0.4) is 0 Å². The molecular weight excluding hydrogens is 352 g/mol. The molecule has 6 heteroatoms. The molecule has 0 bridgehead atoms. The number of rotatable bonds is 4. The maximum absolute atomic E-state index is 12.8. The van der Waals surface area contributed by atoms with E-state index in [0.29, 0.717) is 24.6 Å². The average molecular weight is 374 g/mol. The highest BCUT2D eigenvalue weighted by molar-refractivity contribution is 5.92. The summed E-state index contributed by atoms with van der Waals surface area (Å²) in [4.78, 5) is 23.3. The standard InChI is InChI=1S/C22H22N4O2/c1-15-7-8-20(28-2)18(11-15)25-21-13-23-19(12-24-21)22(27)26-10-9-16-5-3-4-6-17(16)14-26/h3-8,11-13H,9-10,14H2,1-2H3,(H,24,25). The van der Waals surface area contributed by atoms with E-state index in [4.69, 9.17) is 4.74 Å². The van der Waals surface area contributed by atoms with Crippen LogP contribution in [0.1, 0.15) is 27.2 Å². The Bertz CT molecular complexity index is 1000. The molecule has 142 valence electrons. The van der Waals surface area contributed by atoms with Crippen molar-refractivity contribution in [1.82, 2.24) is 14.9 Å². The number of nitrogens with zero attached hydrogens (tertiary/aromatic N) is 3. The smallest absolute Gasteiger partial charge is 0.274 e. The van der Waals surface area contributed by atoms with Crippen molar-refractivity contribution in [3.8, 4) is 5.75 Å². The number of aryl methyl sites for hydroxylation is 1. The number of carbonyl (C=O) groups excluding carboxylic acids is 1. The van der Waals surface area contributed by atoms with Crippen molar-refractivity contribution in [3.05, 3.63) is 77.2 Å². The zero-order chi connectivity index (χ0) is 19.5. The molecule has 1 amide bonds. The number of anilines is 2. The van der Waals surface area contributed by atoms with Crippen LogP contribution in [0.2, 0.25) is 0 Å². The fourth-order valence-corrected chi connectivity index (χ4v) is 3.39. The van der Waals surface area contributed by atoms with E-state index in [1.807, 2.05) is 42.2 Å². The fraction of sp³-hybridized carbons (Fsp3) is 0.227. The lowest BCUT2D eigenvalue weighted by atomic mass is 10.00. The Morgan fingerprint density at radius 2 is 1.93 bits per heavy atom. The molecule has 2 heterocycles. The predicted octanol–water partition coefficient (Wildman–Crippen LogP) is 3.74. The summed E-state index contributed by atoms with van der Waals surface area (Å²) in [5.74, 6) is 1.19. The van der Waals surface area contributed by atoms with E-state index in [0.717, 1.165) is 23.4 Å². The lowest BCUT2D eigenvalue weighted by molar-refractivity contribution is 0.0728. The number of hydrogen-bond acceptors (Lipinski definition) is 5. The van der Waals surface area contributed by atoms with Crippen LogP contribution in [0.25, 0.3) is 0 Å². The molecule has 0 fully saturated rings. The summed E-state index contributed by atoms with van der Waals surface area (Å²) in [5.41, 5.74) is 4.77. The topological polar surface area (TPSA) is 67.3 Å². The Labute approximate surface area is 164 Å². The predicted molar refractivity (Wildman–Crippen MR) is 108 cm³/mol. The van der Waals surface area contributed by atoms with Gasteiger partial charge in [-0.05, 0) is 42.2 Å². The molecule has 0 saturated carbocycles. The van der Waals surface area contributed by atoms with Gasteiger partial charge in [0.25, 0.3) is 5.91 Å². The molecule has 0 atom stereocenters. The molecule has 2 aromatic carbocycles. The van der Waals surface area contributed by atoms with Crippen LogP contribution in [0.5, 0.6) is 5.75 Å². The molecule has 0 aliphatic carbocycles. The highest BCUT2D eigenvalue weighted by atomic mass is 16.5. The molecule has 1 aromatic heterocycles. The molecule has 3 aromatic rings. The summed E-state index contributed by atoms with van der Waals surface area (Å²) in [5, 5.41) is 3.20. The molecule has 0 saturated heterocycles. The number of methoxy groups -OCH3 is 1.